The van der Waals surface area contributed by atoms with Crippen molar-refractivity contribution >= 4 is 28.3 Å². The van der Waals surface area contributed by atoms with E-state index >= 15 is 0 Å². The van der Waals surface area contributed by atoms with E-state index in [4.69, 9.17) is 4.74 Å². The Balaban J connectivity index is 1.63. The molecular formula is C18H13F2N3O4. The number of nitrogens with zero attached hydrogens (tertiary/aromatic N) is 1. The molecule has 9 heteroatoms. The Kier molecular flexibility index (Phi) is 5.20. The second-order valence-corrected chi connectivity index (χ2v) is 5.53. The van der Waals surface area contributed by atoms with Crippen LogP contribution in [-0.2, 0) is 20.7 Å². The van der Waals surface area contributed by atoms with Crippen molar-refractivity contribution in [2.45, 2.75) is 6.42 Å². The minimum absolute atomic E-state index is 0.274. The second-order valence-electron chi connectivity index (χ2n) is 5.53. The van der Waals surface area contributed by atoms with Crippen LogP contribution in [0.2, 0.25) is 0 Å². The number of nitrogens with one attached hydrogen (secondary N) is 2. The van der Waals surface area contributed by atoms with Gasteiger partial charge in [0.25, 0.3) is 11.5 Å². The Bertz CT molecular complexity index is 1060. The van der Waals surface area contributed by atoms with Crippen LogP contribution in [0.3, 0.4) is 0 Å². The maximum absolute atomic E-state index is 13.5. The molecular weight excluding hydrogens is 360 g/mol. The number of aromatic amines is 1. The average Bonchev–Trinajstić information content (AvgIpc) is 2.66. The highest BCUT2D eigenvalue weighted by molar-refractivity contribution is 5.93. The molecule has 0 radical (unpaired) electrons. The van der Waals surface area contributed by atoms with E-state index < -0.39 is 41.4 Å². The SMILES string of the molecule is O=C(COC(=O)Cc1n[nH]c(=O)c2ccccc12)Nc1c(F)cccc1F. The van der Waals surface area contributed by atoms with Gasteiger partial charge in [-0.15, -0.1) is 0 Å². The first kappa shape index (κ1) is 18.2. The number of carbonyl (C=O) groups excluding carboxylic acids is 2. The third kappa shape index (κ3) is 4.14. The number of hydrogen-bond acceptors (Lipinski definition) is 5. The topological polar surface area (TPSA) is 101 Å². The molecule has 27 heavy (non-hydrogen) atoms. The van der Waals surface area contributed by atoms with E-state index in [2.05, 4.69) is 10.2 Å². The number of anilines is 1. The number of aromatic nitrogens is 2. The Morgan fingerprint density at radius 1 is 1.04 bits per heavy atom. The summed E-state index contributed by atoms with van der Waals surface area (Å²) in [7, 11) is 0. The van der Waals surface area contributed by atoms with Crippen molar-refractivity contribution in [3.05, 3.63) is 70.1 Å². The van der Waals surface area contributed by atoms with Crippen LogP contribution in [0.5, 0.6) is 0 Å². The molecule has 1 aromatic heterocycles. The van der Waals surface area contributed by atoms with Gasteiger partial charge in [0.2, 0.25) is 0 Å². The van der Waals surface area contributed by atoms with Crippen molar-refractivity contribution in [1.29, 1.82) is 0 Å². The van der Waals surface area contributed by atoms with Gasteiger partial charge >= 0.3 is 5.97 Å². The zero-order valence-electron chi connectivity index (χ0n) is 13.8. The lowest BCUT2D eigenvalue weighted by Crippen LogP contribution is -2.23. The summed E-state index contributed by atoms with van der Waals surface area (Å²) in [6.07, 6.45) is -0.293. The second kappa shape index (κ2) is 7.73. The van der Waals surface area contributed by atoms with E-state index in [0.29, 0.717) is 10.8 Å². The van der Waals surface area contributed by atoms with Crippen LogP contribution in [0.4, 0.5) is 14.5 Å². The maximum Gasteiger partial charge on any atom is 0.312 e. The minimum atomic E-state index is -0.946. The van der Waals surface area contributed by atoms with Crippen LogP contribution < -0.4 is 10.9 Å². The molecule has 0 bridgehead atoms. The van der Waals surface area contributed by atoms with Crippen molar-refractivity contribution in [2.24, 2.45) is 0 Å². The zero-order valence-corrected chi connectivity index (χ0v) is 13.8. The van der Waals surface area contributed by atoms with E-state index in [1.165, 1.54) is 0 Å². The predicted molar refractivity (Wildman–Crippen MR) is 92.0 cm³/mol. The molecule has 0 spiro atoms. The zero-order chi connectivity index (χ0) is 19.4. The molecule has 0 atom stereocenters. The van der Waals surface area contributed by atoms with Gasteiger partial charge in [0.05, 0.1) is 17.5 Å². The number of para-hydroxylation sites is 1. The summed E-state index contributed by atoms with van der Waals surface area (Å²) in [5, 5.41) is 8.96. The first-order chi connectivity index (χ1) is 13.0. The largest absolute Gasteiger partial charge is 0.455 e. The third-order valence-corrected chi connectivity index (χ3v) is 3.68. The van der Waals surface area contributed by atoms with Gasteiger partial charge in [-0.05, 0) is 18.2 Å². The van der Waals surface area contributed by atoms with Gasteiger partial charge in [-0.25, -0.2) is 13.9 Å². The van der Waals surface area contributed by atoms with Crippen LogP contribution in [0, 0.1) is 11.6 Å². The van der Waals surface area contributed by atoms with Gasteiger partial charge in [-0.1, -0.05) is 24.3 Å². The smallest absolute Gasteiger partial charge is 0.312 e. The summed E-state index contributed by atoms with van der Waals surface area (Å²) in [4.78, 5) is 35.4. The molecule has 0 aliphatic rings. The van der Waals surface area contributed by atoms with Crippen molar-refractivity contribution in [3.63, 3.8) is 0 Å². The molecule has 0 saturated heterocycles. The molecule has 138 valence electrons. The molecule has 1 amide bonds. The fraction of sp³-hybridized carbons (Fsp3) is 0.111. The van der Waals surface area contributed by atoms with Crippen molar-refractivity contribution < 1.29 is 23.1 Å². The standard InChI is InChI=1S/C18H13F2N3O4/c19-12-6-3-7-13(20)17(12)21-15(24)9-27-16(25)8-14-10-4-1-2-5-11(10)18(26)23-22-14/h1-7H,8-9H2,(H,21,24)(H,23,26). The maximum atomic E-state index is 13.5. The van der Waals surface area contributed by atoms with E-state index in [9.17, 15) is 23.2 Å². The fourth-order valence-electron chi connectivity index (χ4n) is 2.43. The molecule has 0 fully saturated rings. The molecule has 2 N–H and O–H groups in total. The quantitative estimate of drug-likeness (QED) is 0.666. The molecule has 0 aliphatic carbocycles. The summed E-state index contributed by atoms with van der Waals surface area (Å²) in [6, 6.07) is 9.70. The number of ether oxygens (including phenoxy) is 1. The Labute approximate surface area is 151 Å². The van der Waals surface area contributed by atoms with Crippen LogP contribution in [0.25, 0.3) is 10.8 Å². The number of benzene rings is 2. The van der Waals surface area contributed by atoms with Crippen LogP contribution in [0.15, 0.2) is 47.3 Å². The third-order valence-electron chi connectivity index (χ3n) is 3.68. The van der Waals surface area contributed by atoms with Gasteiger partial charge in [-0.2, -0.15) is 5.10 Å². The van der Waals surface area contributed by atoms with Gasteiger partial charge in [0.1, 0.15) is 17.3 Å². The van der Waals surface area contributed by atoms with Crippen LogP contribution in [-0.4, -0.2) is 28.7 Å². The average molecular weight is 373 g/mol. The number of amides is 1. The van der Waals surface area contributed by atoms with Gasteiger partial charge in [0.15, 0.2) is 6.61 Å². The van der Waals surface area contributed by atoms with Crippen molar-refractivity contribution in [3.8, 4) is 0 Å². The molecule has 3 rings (SSSR count). The predicted octanol–water partition coefficient (Wildman–Crippen LogP) is 1.93. The summed E-state index contributed by atoms with van der Waals surface area (Å²) in [6.45, 7) is -0.728. The minimum Gasteiger partial charge on any atom is -0.455 e. The number of rotatable bonds is 5. The van der Waals surface area contributed by atoms with Crippen LogP contribution >= 0.6 is 0 Å². The number of fused-ring (bicyclic) bond motifs is 1. The summed E-state index contributed by atoms with van der Waals surface area (Å²) in [5.41, 5.74) is -0.739. The molecule has 7 nitrogen and oxygen atoms in total. The van der Waals surface area contributed by atoms with E-state index in [1.807, 2.05) is 5.32 Å². The molecule has 0 saturated carbocycles. The number of halogens is 2. The van der Waals surface area contributed by atoms with Gasteiger partial charge < -0.3 is 10.1 Å². The Morgan fingerprint density at radius 3 is 2.41 bits per heavy atom. The highest BCUT2D eigenvalue weighted by atomic mass is 19.1. The lowest BCUT2D eigenvalue weighted by atomic mass is 10.1. The monoisotopic (exact) mass is 373 g/mol. The fourth-order valence-corrected chi connectivity index (χ4v) is 2.43. The van der Waals surface area contributed by atoms with Gasteiger partial charge in [-0.3, -0.25) is 14.4 Å². The molecule has 3 aromatic rings. The Hall–Kier alpha value is -3.62. The number of H-pyrrole nitrogens is 1. The molecule has 1 heterocycles. The molecule has 0 unspecified atom stereocenters. The first-order valence-electron chi connectivity index (χ1n) is 7.81. The Morgan fingerprint density at radius 2 is 1.70 bits per heavy atom. The van der Waals surface area contributed by atoms with E-state index in [-0.39, 0.29) is 12.1 Å². The highest BCUT2D eigenvalue weighted by Crippen LogP contribution is 2.18. The van der Waals surface area contributed by atoms with E-state index in [0.717, 1.165) is 18.2 Å². The lowest BCUT2D eigenvalue weighted by Gasteiger charge is -2.08. The number of carbonyl (C=O) groups is 2. The van der Waals surface area contributed by atoms with E-state index in [1.54, 1.807) is 24.3 Å². The summed E-state index contributed by atoms with van der Waals surface area (Å²) >= 11 is 0. The van der Waals surface area contributed by atoms with Gasteiger partial charge in [0, 0.05) is 5.39 Å². The first-order valence-corrected chi connectivity index (χ1v) is 7.81. The highest BCUT2D eigenvalue weighted by Gasteiger charge is 2.15. The van der Waals surface area contributed by atoms with Crippen molar-refractivity contribution in [2.75, 3.05) is 11.9 Å². The summed E-state index contributed by atoms with van der Waals surface area (Å²) < 4.78 is 31.8. The van der Waals surface area contributed by atoms with Crippen molar-refractivity contribution in [1.82, 2.24) is 10.2 Å². The molecule has 2 aromatic carbocycles. The number of esters is 1. The number of hydrogen-bond donors (Lipinski definition) is 2. The summed E-state index contributed by atoms with van der Waals surface area (Å²) in [5.74, 6) is -3.58. The molecule has 0 aliphatic heterocycles. The lowest BCUT2D eigenvalue weighted by molar-refractivity contribution is -0.146. The normalized spacial score (nSPS) is 10.6. The van der Waals surface area contributed by atoms with Crippen LogP contribution in [0.1, 0.15) is 5.69 Å².